The van der Waals surface area contributed by atoms with Crippen molar-refractivity contribution in [1.29, 1.82) is 0 Å². The average molecular weight is 479 g/mol. The van der Waals surface area contributed by atoms with Gasteiger partial charge in [-0.15, -0.1) is 0 Å². The van der Waals surface area contributed by atoms with Gasteiger partial charge in [-0.3, -0.25) is 9.59 Å². The van der Waals surface area contributed by atoms with E-state index in [0.717, 1.165) is 28.7 Å². The molecule has 0 spiro atoms. The molecule has 7 nitrogen and oxygen atoms in total. The van der Waals surface area contributed by atoms with Gasteiger partial charge in [0.05, 0.1) is 0 Å². The van der Waals surface area contributed by atoms with Gasteiger partial charge >= 0.3 is 12.1 Å². The van der Waals surface area contributed by atoms with Crippen LogP contribution in [0.3, 0.4) is 0 Å². The van der Waals surface area contributed by atoms with Crippen LogP contribution < -0.4 is 5.32 Å². The van der Waals surface area contributed by atoms with Gasteiger partial charge in [0.1, 0.15) is 12.6 Å². The molecule has 2 amide bonds. The second-order valence-corrected chi connectivity index (χ2v) is 10.0. The first-order chi connectivity index (χ1) is 16.8. The highest BCUT2D eigenvalue weighted by Gasteiger charge is 2.36. The third kappa shape index (κ3) is 5.34. The summed E-state index contributed by atoms with van der Waals surface area (Å²) in [5.74, 6) is -0.668. The number of benzene rings is 2. The van der Waals surface area contributed by atoms with Crippen molar-refractivity contribution in [2.45, 2.75) is 58.0 Å². The summed E-state index contributed by atoms with van der Waals surface area (Å²) in [6.45, 7) is 6.96. The Morgan fingerprint density at radius 1 is 1.03 bits per heavy atom. The zero-order chi connectivity index (χ0) is 25.1. The smallest absolute Gasteiger partial charge is 0.407 e. The van der Waals surface area contributed by atoms with Gasteiger partial charge in [0.2, 0.25) is 5.91 Å². The molecule has 0 radical (unpaired) electrons. The number of carbonyl (C=O) groups is 3. The Morgan fingerprint density at radius 2 is 1.63 bits per heavy atom. The number of amides is 2. The van der Waals surface area contributed by atoms with Crippen LogP contribution in [0.1, 0.15) is 57.1 Å². The van der Waals surface area contributed by atoms with Crippen LogP contribution >= 0.6 is 0 Å². The second kappa shape index (κ2) is 10.5. The molecule has 1 aliphatic heterocycles. The Balaban J connectivity index is 1.45. The lowest BCUT2D eigenvalue weighted by atomic mass is 9.85. The number of carboxylic acid groups (broad SMARTS) is 1. The van der Waals surface area contributed by atoms with Gasteiger partial charge in [-0.2, -0.15) is 0 Å². The van der Waals surface area contributed by atoms with Gasteiger partial charge in [0.15, 0.2) is 0 Å². The number of carbonyl (C=O) groups excluding carboxylic acids is 2. The molecule has 7 heteroatoms. The first-order valence-electron chi connectivity index (χ1n) is 12.4. The summed E-state index contributed by atoms with van der Waals surface area (Å²) in [6, 6.07) is 15.2. The molecule has 186 valence electrons. The molecule has 2 aromatic rings. The molecule has 1 saturated heterocycles. The normalized spacial score (nSPS) is 22.1. The number of piperidine rings is 1. The first kappa shape index (κ1) is 24.8. The van der Waals surface area contributed by atoms with Crippen molar-refractivity contribution >= 4 is 18.0 Å². The molecule has 2 N–H and O–H groups in total. The predicted octanol–water partition coefficient (Wildman–Crippen LogP) is 4.65. The summed E-state index contributed by atoms with van der Waals surface area (Å²) in [5, 5.41) is 11.9. The molecule has 4 atom stereocenters. The topological polar surface area (TPSA) is 95.9 Å². The highest BCUT2D eigenvalue weighted by Crippen LogP contribution is 2.44. The van der Waals surface area contributed by atoms with Crippen LogP contribution in [0, 0.1) is 11.8 Å². The lowest BCUT2D eigenvalue weighted by Gasteiger charge is -2.42. The SMILES string of the molecule is CC1CC(C)C(C)N(C(=O)C(CCC(=O)O)NC(=O)OCC2c3ccccc3-c3ccccc32)C1. The number of hydrogen-bond donors (Lipinski definition) is 2. The number of carboxylic acids is 1. The molecular formula is C28H34N2O5. The number of alkyl carbamates (subject to hydrolysis) is 1. The minimum Gasteiger partial charge on any atom is -0.481 e. The number of nitrogens with one attached hydrogen (secondary N) is 1. The Labute approximate surface area is 206 Å². The molecule has 0 bridgehead atoms. The summed E-state index contributed by atoms with van der Waals surface area (Å²) in [5.41, 5.74) is 4.47. The maximum Gasteiger partial charge on any atom is 0.407 e. The minimum absolute atomic E-state index is 0.0182. The fourth-order valence-electron chi connectivity index (χ4n) is 5.51. The van der Waals surface area contributed by atoms with Gasteiger partial charge in [-0.25, -0.2) is 4.79 Å². The van der Waals surface area contributed by atoms with E-state index < -0.39 is 18.1 Å². The van der Waals surface area contributed by atoms with Crippen molar-refractivity contribution in [3.8, 4) is 11.1 Å². The Bertz CT molecular complexity index is 1050. The number of ether oxygens (including phenoxy) is 1. The molecule has 2 aliphatic rings. The quantitative estimate of drug-likeness (QED) is 0.604. The van der Waals surface area contributed by atoms with Gasteiger partial charge in [0.25, 0.3) is 0 Å². The van der Waals surface area contributed by atoms with E-state index in [1.54, 1.807) is 4.90 Å². The van der Waals surface area contributed by atoms with E-state index in [4.69, 9.17) is 4.74 Å². The lowest BCUT2D eigenvalue weighted by Crippen LogP contribution is -2.56. The van der Waals surface area contributed by atoms with Crippen LogP contribution in [-0.2, 0) is 14.3 Å². The number of rotatable bonds is 7. The van der Waals surface area contributed by atoms with E-state index in [0.29, 0.717) is 18.4 Å². The minimum atomic E-state index is -1.01. The van der Waals surface area contributed by atoms with Crippen molar-refractivity contribution in [3.05, 3.63) is 59.7 Å². The van der Waals surface area contributed by atoms with Crippen molar-refractivity contribution in [2.75, 3.05) is 13.2 Å². The monoisotopic (exact) mass is 478 g/mol. The largest absolute Gasteiger partial charge is 0.481 e. The van der Waals surface area contributed by atoms with Crippen molar-refractivity contribution in [3.63, 3.8) is 0 Å². The van der Waals surface area contributed by atoms with Crippen molar-refractivity contribution in [2.24, 2.45) is 11.8 Å². The average Bonchev–Trinajstić information content (AvgIpc) is 3.16. The van der Waals surface area contributed by atoms with Crippen molar-refractivity contribution in [1.82, 2.24) is 10.2 Å². The molecule has 2 aromatic carbocycles. The number of fused-ring (bicyclic) bond motifs is 3. The second-order valence-electron chi connectivity index (χ2n) is 10.0. The predicted molar refractivity (Wildman–Crippen MR) is 133 cm³/mol. The van der Waals surface area contributed by atoms with Crippen LogP contribution in [0.25, 0.3) is 11.1 Å². The van der Waals surface area contributed by atoms with E-state index in [1.807, 2.05) is 43.3 Å². The third-order valence-corrected chi connectivity index (χ3v) is 7.46. The third-order valence-electron chi connectivity index (χ3n) is 7.46. The lowest BCUT2D eigenvalue weighted by molar-refractivity contribution is -0.140. The van der Waals surface area contributed by atoms with Crippen molar-refractivity contribution < 1.29 is 24.2 Å². The van der Waals surface area contributed by atoms with E-state index in [2.05, 4.69) is 31.3 Å². The standard InChI is InChI=1S/C28H34N2O5/c1-17-14-18(2)19(3)30(15-17)27(33)25(12-13-26(31)32)29-28(34)35-16-24-22-10-6-4-8-20(22)21-9-5-7-11-23(21)24/h4-11,17-19,24-25H,12-16H2,1-3H3,(H,29,34)(H,31,32). The van der Waals surface area contributed by atoms with E-state index in [-0.39, 0.29) is 37.3 Å². The molecule has 35 heavy (non-hydrogen) atoms. The van der Waals surface area contributed by atoms with Gasteiger partial charge in [0, 0.05) is 24.9 Å². The molecule has 1 fully saturated rings. The highest BCUT2D eigenvalue weighted by atomic mass is 16.5. The first-order valence-corrected chi connectivity index (χ1v) is 12.4. The molecule has 0 aromatic heterocycles. The van der Waals surface area contributed by atoms with Crippen LogP contribution in [0.15, 0.2) is 48.5 Å². The number of aliphatic carboxylic acids is 1. The van der Waals surface area contributed by atoms with Crippen LogP contribution in [-0.4, -0.2) is 53.2 Å². The van der Waals surface area contributed by atoms with E-state index in [1.165, 1.54) is 0 Å². The van der Waals surface area contributed by atoms with Crippen LogP contribution in [0.5, 0.6) is 0 Å². The van der Waals surface area contributed by atoms with Gasteiger partial charge in [-0.05, 0) is 53.9 Å². The molecule has 4 rings (SSSR count). The van der Waals surface area contributed by atoms with Gasteiger partial charge in [-0.1, -0.05) is 62.4 Å². The highest BCUT2D eigenvalue weighted by molar-refractivity contribution is 5.86. The van der Waals surface area contributed by atoms with Crippen LogP contribution in [0.2, 0.25) is 0 Å². The maximum absolute atomic E-state index is 13.4. The summed E-state index contributed by atoms with van der Waals surface area (Å²) >= 11 is 0. The number of nitrogens with zero attached hydrogens (tertiary/aromatic N) is 1. The zero-order valence-corrected chi connectivity index (χ0v) is 20.6. The molecule has 1 aliphatic carbocycles. The maximum atomic E-state index is 13.4. The Kier molecular flexibility index (Phi) is 7.43. The van der Waals surface area contributed by atoms with E-state index in [9.17, 15) is 19.5 Å². The summed E-state index contributed by atoms with van der Waals surface area (Å²) in [7, 11) is 0. The number of hydrogen-bond acceptors (Lipinski definition) is 4. The fourth-order valence-corrected chi connectivity index (χ4v) is 5.51. The van der Waals surface area contributed by atoms with Gasteiger partial charge < -0.3 is 20.1 Å². The summed E-state index contributed by atoms with van der Waals surface area (Å²) < 4.78 is 5.62. The summed E-state index contributed by atoms with van der Waals surface area (Å²) in [4.78, 5) is 39.2. The molecule has 0 saturated carbocycles. The Morgan fingerprint density at radius 3 is 2.23 bits per heavy atom. The zero-order valence-electron chi connectivity index (χ0n) is 20.6. The van der Waals surface area contributed by atoms with E-state index >= 15 is 0 Å². The summed E-state index contributed by atoms with van der Waals surface area (Å²) in [6.07, 6.45) is 0.129. The fraction of sp³-hybridized carbons (Fsp3) is 0.464. The van der Waals surface area contributed by atoms with Crippen LogP contribution in [0.4, 0.5) is 4.79 Å². The molecule has 4 unspecified atom stereocenters. The number of likely N-dealkylation sites (tertiary alicyclic amines) is 1. The Hall–Kier alpha value is -3.35. The molecule has 1 heterocycles. The molecular weight excluding hydrogens is 444 g/mol.